The number of hydrogen-bond acceptors (Lipinski definition) is 2. The maximum Gasteiger partial charge on any atom is 0.317 e. The van der Waals surface area contributed by atoms with Gasteiger partial charge in [-0.15, -0.1) is 0 Å². The number of carboxylic acids is 1. The van der Waals surface area contributed by atoms with E-state index in [1.54, 1.807) is 0 Å². The number of hydrogen-bond donors (Lipinski definition) is 2. The fourth-order valence-electron chi connectivity index (χ4n) is 2.52. The van der Waals surface area contributed by atoms with Crippen molar-refractivity contribution < 1.29 is 14.7 Å². The normalized spacial score (nSPS) is 17.4. The molecule has 1 aliphatic carbocycles. The predicted molar refractivity (Wildman–Crippen MR) is 69.5 cm³/mol. The van der Waals surface area contributed by atoms with Gasteiger partial charge >= 0.3 is 12.0 Å². The molecule has 1 rings (SSSR count). The maximum absolute atomic E-state index is 12.0. The van der Waals surface area contributed by atoms with Crippen LogP contribution in [-0.2, 0) is 4.79 Å². The number of carbonyl (C=O) groups excluding carboxylic acids is 1. The molecule has 5 nitrogen and oxygen atoms in total. The van der Waals surface area contributed by atoms with Gasteiger partial charge in [0.05, 0.1) is 0 Å². The van der Waals surface area contributed by atoms with Crippen molar-refractivity contribution in [1.82, 2.24) is 10.2 Å². The second-order valence-corrected chi connectivity index (χ2v) is 5.11. The van der Waals surface area contributed by atoms with Crippen molar-refractivity contribution in [2.75, 3.05) is 13.1 Å². The van der Waals surface area contributed by atoms with Crippen LogP contribution in [0.3, 0.4) is 0 Å². The van der Waals surface area contributed by atoms with Crippen molar-refractivity contribution in [1.29, 1.82) is 0 Å². The number of carboxylic acid groups (broad SMARTS) is 1. The molecule has 1 saturated carbocycles. The Kier molecular flexibility index (Phi) is 5.95. The molecule has 5 heteroatoms. The Bertz CT molecular complexity index is 288. The number of aliphatic carboxylic acids is 1. The zero-order valence-corrected chi connectivity index (χ0v) is 11.3. The lowest BCUT2D eigenvalue weighted by Gasteiger charge is -2.28. The maximum atomic E-state index is 12.0. The molecule has 0 aromatic carbocycles. The van der Waals surface area contributed by atoms with Gasteiger partial charge in [-0.3, -0.25) is 4.79 Å². The molecule has 0 aromatic heterocycles. The van der Waals surface area contributed by atoms with Gasteiger partial charge < -0.3 is 15.3 Å². The summed E-state index contributed by atoms with van der Waals surface area (Å²) in [4.78, 5) is 24.4. The van der Waals surface area contributed by atoms with E-state index in [0.717, 1.165) is 12.8 Å². The molecule has 1 aliphatic rings. The van der Waals surface area contributed by atoms with Gasteiger partial charge in [0.1, 0.15) is 0 Å². The number of nitrogens with one attached hydrogen (secondary N) is 1. The highest BCUT2D eigenvalue weighted by Crippen LogP contribution is 2.23. The fraction of sp³-hybridized carbons (Fsp3) is 0.846. The van der Waals surface area contributed by atoms with Crippen LogP contribution in [0.5, 0.6) is 0 Å². The molecule has 0 heterocycles. The third kappa shape index (κ3) is 4.55. The molecular weight excluding hydrogens is 232 g/mol. The Labute approximate surface area is 109 Å². The molecule has 2 amide bonds. The molecule has 0 aliphatic heterocycles. The summed E-state index contributed by atoms with van der Waals surface area (Å²) in [6, 6.07) is 0.311. The Hall–Kier alpha value is -1.26. The standard InChI is InChI=1S/C13H24N2O3/c1-3-15(11-6-4-5-7-11)13(18)14-9-10(2)8-12(16)17/h10-11H,3-9H2,1-2H3,(H,14,18)(H,16,17). The third-order valence-corrected chi connectivity index (χ3v) is 3.49. The van der Waals surface area contributed by atoms with E-state index in [4.69, 9.17) is 5.11 Å². The van der Waals surface area contributed by atoms with Crippen LogP contribution in [0.2, 0.25) is 0 Å². The second kappa shape index (κ2) is 7.24. The first-order valence-electron chi connectivity index (χ1n) is 6.80. The Morgan fingerprint density at radius 3 is 2.50 bits per heavy atom. The van der Waals surface area contributed by atoms with Gasteiger partial charge in [-0.05, 0) is 25.7 Å². The lowest BCUT2D eigenvalue weighted by molar-refractivity contribution is -0.137. The quantitative estimate of drug-likeness (QED) is 0.764. The zero-order valence-electron chi connectivity index (χ0n) is 11.3. The number of carbonyl (C=O) groups is 2. The molecule has 0 bridgehead atoms. The van der Waals surface area contributed by atoms with Crippen molar-refractivity contribution in [3.8, 4) is 0 Å². The SMILES string of the molecule is CCN(C(=O)NCC(C)CC(=O)O)C1CCCC1. The molecule has 1 fully saturated rings. The minimum Gasteiger partial charge on any atom is -0.481 e. The molecule has 0 spiro atoms. The third-order valence-electron chi connectivity index (χ3n) is 3.49. The summed E-state index contributed by atoms with van der Waals surface area (Å²) in [5.41, 5.74) is 0. The predicted octanol–water partition coefficient (Wildman–Crippen LogP) is 2.07. The first-order valence-corrected chi connectivity index (χ1v) is 6.80. The van der Waals surface area contributed by atoms with Crippen LogP contribution in [0.15, 0.2) is 0 Å². The Balaban J connectivity index is 2.35. The van der Waals surface area contributed by atoms with E-state index in [1.807, 2.05) is 18.7 Å². The number of nitrogens with zero attached hydrogens (tertiary/aromatic N) is 1. The number of rotatable bonds is 6. The molecule has 0 saturated heterocycles. The van der Waals surface area contributed by atoms with Gasteiger partial charge in [-0.25, -0.2) is 4.79 Å². The molecular formula is C13H24N2O3. The van der Waals surface area contributed by atoms with Crippen LogP contribution in [0.4, 0.5) is 4.79 Å². The summed E-state index contributed by atoms with van der Waals surface area (Å²) in [6.45, 7) is 4.96. The van der Waals surface area contributed by atoms with Crippen LogP contribution in [0, 0.1) is 5.92 Å². The highest BCUT2D eigenvalue weighted by atomic mass is 16.4. The first-order chi connectivity index (χ1) is 8.54. The summed E-state index contributed by atoms with van der Waals surface area (Å²) in [6.07, 6.45) is 4.67. The molecule has 1 unspecified atom stereocenters. The van der Waals surface area contributed by atoms with Gasteiger partial charge in [-0.2, -0.15) is 0 Å². The summed E-state index contributed by atoms with van der Waals surface area (Å²) in [7, 11) is 0. The lowest BCUT2D eigenvalue weighted by atomic mass is 10.1. The van der Waals surface area contributed by atoms with Gasteiger partial charge in [0, 0.05) is 25.6 Å². The number of amides is 2. The lowest BCUT2D eigenvalue weighted by Crippen LogP contribution is -2.46. The smallest absolute Gasteiger partial charge is 0.317 e. The van der Waals surface area contributed by atoms with E-state index in [9.17, 15) is 9.59 Å². The van der Waals surface area contributed by atoms with Gasteiger partial charge in [0.15, 0.2) is 0 Å². The largest absolute Gasteiger partial charge is 0.481 e. The Morgan fingerprint density at radius 2 is 2.00 bits per heavy atom. The van der Waals surface area contributed by atoms with Crippen molar-refractivity contribution in [2.24, 2.45) is 5.92 Å². The molecule has 0 aromatic rings. The van der Waals surface area contributed by atoms with E-state index < -0.39 is 5.97 Å². The molecule has 18 heavy (non-hydrogen) atoms. The number of urea groups is 1. The van der Waals surface area contributed by atoms with Gasteiger partial charge in [0.2, 0.25) is 0 Å². The van der Waals surface area contributed by atoms with Gasteiger partial charge in [0.25, 0.3) is 0 Å². The van der Waals surface area contributed by atoms with Crippen molar-refractivity contribution in [2.45, 2.75) is 52.0 Å². The highest BCUT2D eigenvalue weighted by Gasteiger charge is 2.25. The Morgan fingerprint density at radius 1 is 1.39 bits per heavy atom. The van der Waals surface area contributed by atoms with E-state index in [1.165, 1.54) is 12.8 Å². The molecule has 104 valence electrons. The fourth-order valence-corrected chi connectivity index (χ4v) is 2.52. The molecule has 0 radical (unpaired) electrons. The van der Waals surface area contributed by atoms with Crippen molar-refractivity contribution in [3.05, 3.63) is 0 Å². The minimum atomic E-state index is -0.820. The summed E-state index contributed by atoms with van der Waals surface area (Å²) < 4.78 is 0. The average molecular weight is 256 g/mol. The van der Waals surface area contributed by atoms with Crippen LogP contribution >= 0.6 is 0 Å². The highest BCUT2D eigenvalue weighted by molar-refractivity contribution is 5.74. The average Bonchev–Trinajstić information content (AvgIpc) is 2.80. The van der Waals surface area contributed by atoms with E-state index in [2.05, 4.69) is 5.32 Å². The van der Waals surface area contributed by atoms with Crippen LogP contribution in [-0.4, -0.2) is 41.1 Å². The topological polar surface area (TPSA) is 69.6 Å². The van der Waals surface area contributed by atoms with Crippen LogP contribution in [0.1, 0.15) is 46.0 Å². The monoisotopic (exact) mass is 256 g/mol. The second-order valence-electron chi connectivity index (χ2n) is 5.11. The van der Waals surface area contributed by atoms with Crippen molar-refractivity contribution >= 4 is 12.0 Å². The zero-order chi connectivity index (χ0) is 13.5. The van der Waals surface area contributed by atoms with Gasteiger partial charge in [-0.1, -0.05) is 19.8 Å². The summed E-state index contributed by atoms with van der Waals surface area (Å²) in [5, 5.41) is 11.5. The summed E-state index contributed by atoms with van der Waals surface area (Å²) >= 11 is 0. The molecule has 1 atom stereocenters. The van der Waals surface area contributed by atoms with E-state index >= 15 is 0 Å². The van der Waals surface area contributed by atoms with Crippen LogP contribution in [0.25, 0.3) is 0 Å². The summed E-state index contributed by atoms with van der Waals surface area (Å²) in [5.74, 6) is -0.853. The van der Waals surface area contributed by atoms with E-state index in [-0.39, 0.29) is 18.4 Å². The minimum absolute atomic E-state index is 0.0336. The van der Waals surface area contributed by atoms with E-state index in [0.29, 0.717) is 19.1 Å². The molecule has 2 N–H and O–H groups in total. The van der Waals surface area contributed by atoms with Crippen LogP contribution < -0.4 is 5.32 Å². The van der Waals surface area contributed by atoms with Crippen molar-refractivity contribution in [3.63, 3.8) is 0 Å². The first kappa shape index (κ1) is 14.8.